The standard InChI is InChI=1S/C14H14N4/c1-18-9-11(7-17-18)14(15)12-4-2-3-10-5-6-16-8-13(10)12/h2-9,14H,15H2,1H3. The summed E-state index contributed by atoms with van der Waals surface area (Å²) in [5.41, 5.74) is 8.40. The fourth-order valence-electron chi connectivity index (χ4n) is 2.19. The highest BCUT2D eigenvalue weighted by atomic mass is 15.2. The molecule has 0 aliphatic heterocycles. The second-order valence-corrected chi connectivity index (χ2v) is 4.37. The molecule has 0 aliphatic carbocycles. The number of nitrogens with zero attached hydrogens (tertiary/aromatic N) is 3. The summed E-state index contributed by atoms with van der Waals surface area (Å²) in [6.45, 7) is 0. The lowest BCUT2D eigenvalue weighted by Crippen LogP contribution is -2.11. The van der Waals surface area contributed by atoms with Crippen LogP contribution in [0.4, 0.5) is 0 Å². The number of nitrogens with two attached hydrogens (primary N) is 1. The molecule has 2 N–H and O–H groups in total. The molecule has 3 aromatic rings. The Balaban J connectivity index is 2.14. The summed E-state index contributed by atoms with van der Waals surface area (Å²) in [5.74, 6) is 0. The van der Waals surface area contributed by atoms with E-state index in [0.29, 0.717) is 0 Å². The molecule has 2 heterocycles. The van der Waals surface area contributed by atoms with E-state index in [1.807, 2.05) is 37.6 Å². The number of aromatic nitrogens is 3. The first kappa shape index (κ1) is 10.9. The molecule has 90 valence electrons. The molecule has 3 rings (SSSR count). The topological polar surface area (TPSA) is 56.7 Å². The summed E-state index contributed by atoms with van der Waals surface area (Å²) in [6.07, 6.45) is 7.41. The number of pyridine rings is 1. The van der Waals surface area contributed by atoms with Gasteiger partial charge in [-0.05, 0) is 17.0 Å². The number of hydrogen-bond donors (Lipinski definition) is 1. The largest absolute Gasteiger partial charge is 0.320 e. The lowest BCUT2D eigenvalue weighted by atomic mass is 9.97. The van der Waals surface area contributed by atoms with Crippen LogP contribution in [0.15, 0.2) is 49.1 Å². The molecule has 0 bridgehead atoms. The first-order chi connectivity index (χ1) is 8.75. The van der Waals surface area contributed by atoms with E-state index in [4.69, 9.17) is 5.73 Å². The average molecular weight is 238 g/mol. The van der Waals surface area contributed by atoms with E-state index in [0.717, 1.165) is 21.9 Å². The van der Waals surface area contributed by atoms with Gasteiger partial charge in [0.1, 0.15) is 0 Å². The second kappa shape index (κ2) is 4.23. The molecule has 1 atom stereocenters. The molecule has 0 aliphatic rings. The maximum Gasteiger partial charge on any atom is 0.0589 e. The van der Waals surface area contributed by atoms with E-state index >= 15 is 0 Å². The number of benzene rings is 1. The Hall–Kier alpha value is -2.20. The Morgan fingerprint density at radius 2 is 2.11 bits per heavy atom. The van der Waals surface area contributed by atoms with E-state index in [-0.39, 0.29) is 6.04 Å². The molecule has 0 spiro atoms. The van der Waals surface area contributed by atoms with Gasteiger partial charge in [-0.1, -0.05) is 18.2 Å². The number of hydrogen-bond acceptors (Lipinski definition) is 3. The van der Waals surface area contributed by atoms with Crippen molar-refractivity contribution in [3.63, 3.8) is 0 Å². The Bertz CT molecular complexity index is 682. The van der Waals surface area contributed by atoms with Crippen molar-refractivity contribution in [2.45, 2.75) is 6.04 Å². The summed E-state index contributed by atoms with van der Waals surface area (Å²) in [7, 11) is 1.89. The van der Waals surface area contributed by atoms with E-state index in [2.05, 4.69) is 16.1 Å². The van der Waals surface area contributed by atoms with Crippen molar-refractivity contribution in [2.75, 3.05) is 0 Å². The van der Waals surface area contributed by atoms with Crippen molar-refractivity contribution in [1.82, 2.24) is 14.8 Å². The van der Waals surface area contributed by atoms with Crippen LogP contribution < -0.4 is 5.73 Å². The van der Waals surface area contributed by atoms with Gasteiger partial charge in [0.15, 0.2) is 0 Å². The molecule has 0 fully saturated rings. The molecule has 2 aromatic heterocycles. The molecule has 1 aromatic carbocycles. The van der Waals surface area contributed by atoms with Crippen LogP contribution >= 0.6 is 0 Å². The fraction of sp³-hybridized carbons (Fsp3) is 0.143. The van der Waals surface area contributed by atoms with Crippen molar-refractivity contribution >= 4 is 10.8 Å². The molecule has 18 heavy (non-hydrogen) atoms. The minimum atomic E-state index is -0.174. The van der Waals surface area contributed by atoms with Crippen LogP contribution in [-0.2, 0) is 7.05 Å². The summed E-state index contributed by atoms with van der Waals surface area (Å²) in [5, 5.41) is 6.41. The van der Waals surface area contributed by atoms with E-state index in [9.17, 15) is 0 Å². The molecule has 0 amide bonds. The Labute approximate surface area is 105 Å². The summed E-state index contributed by atoms with van der Waals surface area (Å²) < 4.78 is 1.76. The van der Waals surface area contributed by atoms with Crippen LogP contribution in [0.2, 0.25) is 0 Å². The van der Waals surface area contributed by atoms with Gasteiger partial charge in [0.2, 0.25) is 0 Å². The smallest absolute Gasteiger partial charge is 0.0589 e. The van der Waals surface area contributed by atoms with Crippen molar-refractivity contribution in [1.29, 1.82) is 0 Å². The molecule has 0 saturated carbocycles. The molecule has 4 nitrogen and oxygen atoms in total. The third-order valence-corrected chi connectivity index (χ3v) is 3.14. The summed E-state index contributed by atoms with van der Waals surface area (Å²) in [4.78, 5) is 4.18. The predicted molar refractivity (Wildman–Crippen MR) is 71.0 cm³/mol. The van der Waals surface area contributed by atoms with Crippen LogP contribution in [0.3, 0.4) is 0 Å². The lowest BCUT2D eigenvalue weighted by Gasteiger charge is -2.12. The first-order valence-corrected chi connectivity index (χ1v) is 5.82. The monoisotopic (exact) mass is 238 g/mol. The SMILES string of the molecule is Cn1cc(C(N)c2cccc3ccncc23)cn1. The number of rotatable bonds is 2. The van der Waals surface area contributed by atoms with Gasteiger partial charge in [0.05, 0.1) is 12.2 Å². The zero-order valence-corrected chi connectivity index (χ0v) is 10.1. The highest BCUT2D eigenvalue weighted by molar-refractivity contribution is 5.85. The van der Waals surface area contributed by atoms with E-state index < -0.39 is 0 Å². The highest BCUT2D eigenvalue weighted by Crippen LogP contribution is 2.26. The zero-order valence-electron chi connectivity index (χ0n) is 10.1. The minimum absolute atomic E-state index is 0.174. The lowest BCUT2D eigenvalue weighted by molar-refractivity contribution is 0.765. The van der Waals surface area contributed by atoms with Crippen molar-refractivity contribution < 1.29 is 0 Å². The number of aryl methyl sites for hydroxylation is 1. The van der Waals surface area contributed by atoms with Crippen LogP contribution in [0, 0.1) is 0 Å². The predicted octanol–water partition coefficient (Wildman–Crippen LogP) is 2.02. The van der Waals surface area contributed by atoms with Gasteiger partial charge >= 0.3 is 0 Å². The first-order valence-electron chi connectivity index (χ1n) is 5.82. The highest BCUT2D eigenvalue weighted by Gasteiger charge is 2.13. The molecule has 0 radical (unpaired) electrons. The van der Waals surface area contributed by atoms with Gasteiger partial charge in [-0.25, -0.2) is 0 Å². The third-order valence-electron chi connectivity index (χ3n) is 3.14. The van der Waals surface area contributed by atoms with Gasteiger partial charge in [-0.2, -0.15) is 5.10 Å². The van der Waals surface area contributed by atoms with Gasteiger partial charge in [-0.15, -0.1) is 0 Å². The van der Waals surface area contributed by atoms with Crippen LogP contribution in [0.25, 0.3) is 10.8 Å². The molecule has 1 unspecified atom stereocenters. The quantitative estimate of drug-likeness (QED) is 0.743. The maximum atomic E-state index is 6.31. The Morgan fingerprint density at radius 1 is 1.22 bits per heavy atom. The normalized spacial score (nSPS) is 12.8. The third kappa shape index (κ3) is 1.76. The maximum absolute atomic E-state index is 6.31. The fourth-order valence-corrected chi connectivity index (χ4v) is 2.19. The van der Waals surface area contributed by atoms with Crippen LogP contribution in [0.1, 0.15) is 17.2 Å². The van der Waals surface area contributed by atoms with Crippen LogP contribution in [0.5, 0.6) is 0 Å². The van der Waals surface area contributed by atoms with Crippen molar-refractivity contribution in [3.05, 3.63) is 60.2 Å². The van der Waals surface area contributed by atoms with Crippen LogP contribution in [-0.4, -0.2) is 14.8 Å². The molecule has 4 heteroatoms. The molecular formula is C14H14N4. The van der Waals surface area contributed by atoms with Crippen molar-refractivity contribution in [3.8, 4) is 0 Å². The van der Waals surface area contributed by atoms with E-state index in [1.54, 1.807) is 17.1 Å². The van der Waals surface area contributed by atoms with Crippen molar-refractivity contribution in [2.24, 2.45) is 12.8 Å². The molecule has 0 saturated heterocycles. The second-order valence-electron chi connectivity index (χ2n) is 4.37. The Kier molecular flexibility index (Phi) is 2.57. The van der Waals surface area contributed by atoms with Gasteiger partial charge in [0.25, 0.3) is 0 Å². The summed E-state index contributed by atoms with van der Waals surface area (Å²) in [6, 6.07) is 7.95. The molecular weight excluding hydrogens is 224 g/mol. The average Bonchev–Trinajstić information content (AvgIpc) is 2.84. The van der Waals surface area contributed by atoms with Gasteiger partial charge in [-0.3, -0.25) is 9.67 Å². The van der Waals surface area contributed by atoms with Gasteiger partial charge in [0, 0.05) is 36.6 Å². The number of fused-ring (bicyclic) bond motifs is 1. The minimum Gasteiger partial charge on any atom is -0.320 e. The van der Waals surface area contributed by atoms with E-state index in [1.165, 1.54) is 0 Å². The van der Waals surface area contributed by atoms with Gasteiger partial charge < -0.3 is 5.73 Å². The summed E-state index contributed by atoms with van der Waals surface area (Å²) >= 11 is 0. The Morgan fingerprint density at radius 3 is 2.89 bits per heavy atom. The zero-order chi connectivity index (χ0) is 12.5.